The Morgan fingerprint density at radius 1 is 1.31 bits per heavy atom. The molecular formula is C9H21NO2S. The van der Waals surface area contributed by atoms with Crippen molar-refractivity contribution in [1.29, 1.82) is 0 Å². The van der Waals surface area contributed by atoms with Gasteiger partial charge in [-0.3, -0.25) is 0 Å². The lowest BCUT2D eigenvalue weighted by molar-refractivity contribution is 0.538. The second-order valence-corrected chi connectivity index (χ2v) is 6.23. The summed E-state index contributed by atoms with van der Waals surface area (Å²) in [5.74, 6) is 0.531. The summed E-state index contributed by atoms with van der Waals surface area (Å²) in [6.07, 6.45) is 2.00. The van der Waals surface area contributed by atoms with Crippen LogP contribution in [0.15, 0.2) is 0 Å². The lowest BCUT2D eigenvalue weighted by atomic mass is 10.1. The van der Waals surface area contributed by atoms with Crippen LogP contribution >= 0.6 is 0 Å². The van der Waals surface area contributed by atoms with Crippen molar-refractivity contribution in [2.24, 2.45) is 11.7 Å². The smallest absolute Gasteiger partial charge is 0.154 e. The molecule has 0 saturated carbocycles. The van der Waals surface area contributed by atoms with Crippen molar-refractivity contribution in [3.05, 3.63) is 0 Å². The van der Waals surface area contributed by atoms with Crippen LogP contribution in [-0.2, 0) is 9.84 Å². The van der Waals surface area contributed by atoms with Crippen molar-refractivity contribution in [3.8, 4) is 0 Å². The molecule has 0 aromatic heterocycles. The van der Waals surface area contributed by atoms with Crippen molar-refractivity contribution < 1.29 is 8.42 Å². The molecule has 0 radical (unpaired) electrons. The lowest BCUT2D eigenvalue weighted by Gasteiger charge is -2.14. The Balaban J connectivity index is 4.17. The number of hydrogen-bond acceptors (Lipinski definition) is 3. The van der Waals surface area contributed by atoms with Crippen LogP contribution in [0.4, 0.5) is 0 Å². The van der Waals surface area contributed by atoms with Gasteiger partial charge in [-0.1, -0.05) is 26.7 Å². The molecule has 0 heterocycles. The monoisotopic (exact) mass is 207 g/mol. The molecule has 0 saturated heterocycles. The molecule has 0 spiro atoms. The molecule has 0 fully saturated rings. The minimum Gasteiger partial charge on any atom is -0.329 e. The predicted octanol–water partition coefficient (Wildman–Crippen LogP) is 1.18. The van der Waals surface area contributed by atoms with Crippen LogP contribution < -0.4 is 5.73 Å². The molecule has 13 heavy (non-hydrogen) atoms. The highest BCUT2D eigenvalue weighted by atomic mass is 32.2. The first-order chi connectivity index (χ1) is 5.94. The van der Waals surface area contributed by atoms with E-state index in [-0.39, 0.29) is 18.2 Å². The van der Waals surface area contributed by atoms with Crippen LogP contribution in [0.1, 0.15) is 33.6 Å². The van der Waals surface area contributed by atoms with Gasteiger partial charge in [0.2, 0.25) is 0 Å². The molecule has 2 atom stereocenters. The van der Waals surface area contributed by atoms with E-state index >= 15 is 0 Å². The zero-order chi connectivity index (χ0) is 10.5. The van der Waals surface area contributed by atoms with Crippen molar-refractivity contribution in [2.45, 2.75) is 38.9 Å². The fraction of sp³-hybridized carbons (Fsp3) is 1.00. The molecule has 3 nitrogen and oxygen atoms in total. The summed E-state index contributed by atoms with van der Waals surface area (Å²) in [7, 11) is -2.96. The first-order valence-electron chi connectivity index (χ1n) is 4.85. The maximum Gasteiger partial charge on any atom is 0.154 e. The first kappa shape index (κ1) is 12.9. The minimum absolute atomic E-state index is 0.223. The standard InChI is InChI=1S/C9H21NO2S/c1-4-5-8(2)7-13(11,12)9(3)6-10/h8-9H,4-7,10H2,1-3H3. The quantitative estimate of drug-likeness (QED) is 0.711. The highest BCUT2D eigenvalue weighted by Crippen LogP contribution is 2.11. The second kappa shape index (κ2) is 5.60. The van der Waals surface area contributed by atoms with Gasteiger partial charge in [-0.05, 0) is 12.8 Å². The average Bonchev–Trinajstić information content (AvgIpc) is 2.02. The van der Waals surface area contributed by atoms with Crippen LogP contribution in [0, 0.1) is 5.92 Å². The average molecular weight is 207 g/mol. The Kier molecular flexibility index (Phi) is 5.56. The van der Waals surface area contributed by atoms with E-state index in [0.29, 0.717) is 0 Å². The third kappa shape index (κ3) is 4.62. The van der Waals surface area contributed by atoms with Crippen LogP contribution in [0.25, 0.3) is 0 Å². The molecule has 4 heteroatoms. The Morgan fingerprint density at radius 2 is 1.85 bits per heavy atom. The van der Waals surface area contributed by atoms with Gasteiger partial charge in [-0.2, -0.15) is 0 Å². The molecule has 0 aliphatic heterocycles. The van der Waals surface area contributed by atoms with Crippen LogP contribution in [-0.4, -0.2) is 26.0 Å². The Bertz CT molecular complexity index is 224. The van der Waals surface area contributed by atoms with Crippen LogP contribution in [0.3, 0.4) is 0 Å². The van der Waals surface area contributed by atoms with Gasteiger partial charge in [0, 0.05) is 6.54 Å². The zero-order valence-electron chi connectivity index (χ0n) is 8.79. The van der Waals surface area contributed by atoms with E-state index in [1.807, 2.05) is 6.92 Å². The molecule has 0 aliphatic rings. The lowest BCUT2D eigenvalue weighted by Crippen LogP contribution is -2.30. The normalized spacial score (nSPS) is 16.9. The van der Waals surface area contributed by atoms with Crippen molar-refractivity contribution >= 4 is 9.84 Å². The van der Waals surface area contributed by atoms with Gasteiger partial charge < -0.3 is 5.73 Å². The fourth-order valence-corrected chi connectivity index (χ4v) is 2.87. The van der Waals surface area contributed by atoms with Crippen molar-refractivity contribution in [2.75, 3.05) is 12.3 Å². The van der Waals surface area contributed by atoms with Crippen LogP contribution in [0.5, 0.6) is 0 Å². The highest BCUT2D eigenvalue weighted by molar-refractivity contribution is 7.92. The van der Waals surface area contributed by atoms with Gasteiger partial charge in [0.25, 0.3) is 0 Å². The maximum absolute atomic E-state index is 11.6. The van der Waals surface area contributed by atoms with Gasteiger partial charge in [-0.15, -0.1) is 0 Å². The van der Waals surface area contributed by atoms with Gasteiger partial charge >= 0.3 is 0 Å². The summed E-state index contributed by atoms with van der Waals surface area (Å²) < 4.78 is 23.1. The van der Waals surface area contributed by atoms with E-state index in [0.717, 1.165) is 12.8 Å². The topological polar surface area (TPSA) is 60.2 Å². The van der Waals surface area contributed by atoms with E-state index in [1.165, 1.54) is 0 Å². The molecular weight excluding hydrogens is 186 g/mol. The Hall–Kier alpha value is -0.0900. The van der Waals surface area contributed by atoms with E-state index in [2.05, 4.69) is 6.92 Å². The molecule has 0 amide bonds. The predicted molar refractivity (Wildman–Crippen MR) is 56.4 cm³/mol. The SMILES string of the molecule is CCCC(C)CS(=O)(=O)C(C)CN. The summed E-state index contributed by atoms with van der Waals surface area (Å²) in [6, 6.07) is 0. The van der Waals surface area contributed by atoms with E-state index in [1.54, 1.807) is 6.92 Å². The fourth-order valence-electron chi connectivity index (χ4n) is 1.28. The molecule has 0 aromatic rings. The first-order valence-corrected chi connectivity index (χ1v) is 6.57. The number of sulfone groups is 1. The van der Waals surface area contributed by atoms with Gasteiger partial charge in [0.1, 0.15) is 0 Å². The molecule has 0 aromatic carbocycles. The number of rotatable bonds is 6. The Labute approximate surface area is 81.6 Å². The summed E-state index contributed by atoms with van der Waals surface area (Å²) in [5.41, 5.74) is 5.33. The largest absolute Gasteiger partial charge is 0.329 e. The summed E-state index contributed by atoms with van der Waals surface area (Å²) in [5, 5.41) is -0.396. The van der Waals surface area contributed by atoms with E-state index in [9.17, 15) is 8.42 Å². The summed E-state index contributed by atoms with van der Waals surface area (Å²) in [4.78, 5) is 0. The van der Waals surface area contributed by atoms with Crippen LogP contribution in [0.2, 0.25) is 0 Å². The molecule has 0 rings (SSSR count). The van der Waals surface area contributed by atoms with E-state index in [4.69, 9.17) is 5.73 Å². The van der Waals surface area contributed by atoms with Gasteiger partial charge in [-0.25, -0.2) is 8.42 Å². The molecule has 2 N–H and O–H groups in total. The van der Waals surface area contributed by atoms with Gasteiger partial charge in [0.05, 0.1) is 11.0 Å². The Morgan fingerprint density at radius 3 is 2.23 bits per heavy atom. The van der Waals surface area contributed by atoms with Crippen molar-refractivity contribution in [3.63, 3.8) is 0 Å². The second-order valence-electron chi connectivity index (χ2n) is 3.77. The van der Waals surface area contributed by atoms with Crippen molar-refractivity contribution in [1.82, 2.24) is 0 Å². The molecule has 0 aliphatic carbocycles. The maximum atomic E-state index is 11.6. The zero-order valence-corrected chi connectivity index (χ0v) is 9.60. The highest BCUT2D eigenvalue weighted by Gasteiger charge is 2.21. The third-order valence-corrected chi connectivity index (χ3v) is 4.70. The summed E-state index contributed by atoms with van der Waals surface area (Å²) >= 11 is 0. The molecule has 2 unspecified atom stereocenters. The van der Waals surface area contributed by atoms with Gasteiger partial charge in [0.15, 0.2) is 9.84 Å². The minimum atomic E-state index is -2.96. The number of hydrogen-bond donors (Lipinski definition) is 1. The molecule has 80 valence electrons. The van der Waals surface area contributed by atoms with E-state index < -0.39 is 15.1 Å². The summed E-state index contributed by atoms with van der Waals surface area (Å²) in [6.45, 7) is 5.94. The number of nitrogens with two attached hydrogens (primary N) is 1. The molecule has 0 bridgehead atoms. The third-order valence-electron chi connectivity index (χ3n) is 2.24.